The van der Waals surface area contributed by atoms with Gasteiger partial charge in [-0.1, -0.05) is 29.7 Å². The van der Waals surface area contributed by atoms with E-state index in [1.807, 2.05) is 6.07 Å². The maximum Gasteiger partial charge on any atom is 0.441 e. The summed E-state index contributed by atoms with van der Waals surface area (Å²) in [5.41, 5.74) is 3.40. The summed E-state index contributed by atoms with van der Waals surface area (Å²) in [4.78, 5) is 26.3. The van der Waals surface area contributed by atoms with Crippen molar-refractivity contribution >= 4 is 28.1 Å². The maximum absolute atomic E-state index is 11.7. The normalized spacial score (nSPS) is 22.6. The molecule has 0 N–H and O–H groups in total. The SMILES string of the molecule is CCN1CC=C(C2=CS3(OC(=O)C(=O)O3)c3cc(C#N)ccc32)CC1. The van der Waals surface area contributed by atoms with E-state index in [-0.39, 0.29) is 0 Å². The van der Waals surface area contributed by atoms with E-state index in [0.717, 1.165) is 42.8 Å². The predicted molar refractivity (Wildman–Crippen MR) is 92.0 cm³/mol. The van der Waals surface area contributed by atoms with Crippen molar-refractivity contribution in [3.63, 3.8) is 0 Å². The minimum absolute atomic E-state index is 0.439. The van der Waals surface area contributed by atoms with Crippen LogP contribution in [-0.2, 0) is 18.0 Å². The first-order valence-electron chi connectivity index (χ1n) is 8.05. The Morgan fingerprint density at radius 3 is 2.64 bits per heavy atom. The molecule has 0 aliphatic carbocycles. The number of nitriles is 1. The molecule has 1 aromatic rings. The number of nitrogens with zero attached hydrogens (tertiary/aromatic N) is 2. The average Bonchev–Trinajstić information content (AvgIpc) is 3.11. The number of carbonyl (C=O) groups is 2. The fourth-order valence-corrected chi connectivity index (χ4v) is 5.66. The van der Waals surface area contributed by atoms with Gasteiger partial charge < -0.3 is 8.37 Å². The molecule has 1 spiro atoms. The monoisotopic (exact) mass is 356 g/mol. The summed E-state index contributed by atoms with van der Waals surface area (Å²) in [5.74, 6) is -1.95. The van der Waals surface area contributed by atoms with Crippen molar-refractivity contribution in [2.75, 3.05) is 19.6 Å². The molecule has 1 saturated heterocycles. The lowest BCUT2D eigenvalue weighted by atomic mass is 9.94. The minimum atomic E-state index is -2.60. The number of allylic oxidation sites excluding steroid dienone is 1. The summed E-state index contributed by atoms with van der Waals surface area (Å²) in [6.07, 6.45) is 3.04. The Hall–Kier alpha value is -2.56. The van der Waals surface area contributed by atoms with Crippen LogP contribution >= 0.6 is 10.6 Å². The number of hydrogen-bond acceptors (Lipinski definition) is 6. The number of fused-ring (bicyclic) bond motifs is 2. The number of hydrogen-bond donors (Lipinski definition) is 0. The number of likely N-dealkylation sites (N-methyl/N-ethyl adjacent to an activating group) is 1. The van der Waals surface area contributed by atoms with Crippen LogP contribution < -0.4 is 0 Å². The van der Waals surface area contributed by atoms with Gasteiger partial charge in [0, 0.05) is 24.2 Å². The van der Waals surface area contributed by atoms with Crippen molar-refractivity contribution in [2.45, 2.75) is 18.2 Å². The van der Waals surface area contributed by atoms with Gasteiger partial charge in [0.25, 0.3) is 0 Å². The molecule has 25 heavy (non-hydrogen) atoms. The molecule has 1 aromatic carbocycles. The number of rotatable bonds is 2. The van der Waals surface area contributed by atoms with Crippen LogP contribution in [0.2, 0.25) is 0 Å². The van der Waals surface area contributed by atoms with Crippen molar-refractivity contribution in [1.29, 1.82) is 5.26 Å². The number of carbonyl (C=O) groups excluding carboxylic acids is 2. The predicted octanol–water partition coefficient (Wildman–Crippen LogP) is 2.66. The molecular weight excluding hydrogens is 340 g/mol. The fraction of sp³-hybridized carbons (Fsp3) is 0.278. The van der Waals surface area contributed by atoms with E-state index in [1.165, 1.54) is 0 Å². The standard InChI is InChI=1S/C18H16N2O4S/c1-2-20-7-5-13(6-8-20)15-11-25(23-17(21)18(22)24-25)16-9-12(10-19)3-4-14(15)16/h3-5,9,11H,2,6-8H2,1H3. The highest BCUT2D eigenvalue weighted by Crippen LogP contribution is 2.69. The first-order valence-corrected chi connectivity index (χ1v) is 9.59. The van der Waals surface area contributed by atoms with Gasteiger partial charge in [-0.25, -0.2) is 9.59 Å². The van der Waals surface area contributed by atoms with E-state index in [0.29, 0.717) is 10.5 Å². The van der Waals surface area contributed by atoms with E-state index in [1.54, 1.807) is 17.5 Å². The van der Waals surface area contributed by atoms with Crippen molar-refractivity contribution in [3.8, 4) is 6.07 Å². The van der Waals surface area contributed by atoms with Crippen LogP contribution in [-0.4, -0.2) is 36.5 Å². The van der Waals surface area contributed by atoms with Gasteiger partial charge in [-0.2, -0.15) is 5.26 Å². The Kier molecular flexibility index (Phi) is 3.67. The largest absolute Gasteiger partial charge is 0.441 e. The van der Waals surface area contributed by atoms with Crippen molar-refractivity contribution in [3.05, 3.63) is 46.4 Å². The molecule has 0 aromatic heterocycles. The smallest absolute Gasteiger partial charge is 0.325 e. The molecule has 6 nitrogen and oxygen atoms in total. The van der Waals surface area contributed by atoms with Crippen LogP contribution in [0.15, 0.2) is 40.2 Å². The molecule has 0 atom stereocenters. The molecule has 1 fully saturated rings. The van der Waals surface area contributed by atoms with Gasteiger partial charge >= 0.3 is 11.9 Å². The zero-order valence-corrected chi connectivity index (χ0v) is 14.5. The van der Waals surface area contributed by atoms with Gasteiger partial charge in [-0.15, -0.1) is 0 Å². The van der Waals surface area contributed by atoms with Gasteiger partial charge in [0.2, 0.25) is 0 Å². The van der Waals surface area contributed by atoms with E-state index in [4.69, 9.17) is 8.37 Å². The topological polar surface area (TPSA) is 79.6 Å². The quantitative estimate of drug-likeness (QED) is 0.758. The molecule has 0 amide bonds. The summed E-state index contributed by atoms with van der Waals surface area (Å²) < 4.78 is 10.7. The van der Waals surface area contributed by atoms with Crippen LogP contribution in [0.5, 0.6) is 0 Å². The van der Waals surface area contributed by atoms with Gasteiger partial charge in [0.1, 0.15) is 0 Å². The van der Waals surface area contributed by atoms with E-state index in [2.05, 4.69) is 24.0 Å². The molecule has 0 radical (unpaired) electrons. The van der Waals surface area contributed by atoms with Gasteiger partial charge in [-0.05, 0) is 30.7 Å². The Morgan fingerprint density at radius 1 is 1.28 bits per heavy atom. The summed E-state index contributed by atoms with van der Waals surface area (Å²) in [6.45, 7) is 4.93. The average molecular weight is 356 g/mol. The Morgan fingerprint density at radius 2 is 2.04 bits per heavy atom. The molecule has 4 rings (SSSR count). The van der Waals surface area contributed by atoms with Gasteiger partial charge in [-0.3, -0.25) is 4.90 Å². The molecular formula is C18H16N2O4S. The van der Waals surface area contributed by atoms with Crippen molar-refractivity contribution in [1.82, 2.24) is 4.90 Å². The van der Waals surface area contributed by atoms with Crippen LogP contribution in [0, 0.1) is 11.3 Å². The lowest BCUT2D eigenvalue weighted by Crippen LogP contribution is -2.28. The first kappa shape index (κ1) is 15.9. The van der Waals surface area contributed by atoms with Crippen molar-refractivity contribution in [2.24, 2.45) is 0 Å². The third kappa shape index (κ3) is 2.46. The number of benzene rings is 1. The maximum atomic E-state index is 11.7. The zero-order valence-electron chi connectivity index (χ0n) is 13.7. The summed E-state index contributed by atoms with van der Waals surface area (Å²) in [5, 5.41) is 11.0. The minimum Gasteiger partial charge on any atom is -0.325 e. The van der Waals surface area contributed by atoms with Crippen LogP contribution in [0.3, 0.4) is 0 Å². The van der Waals surface area contributed by atoms with Gasteiger partial charge in [0.05, 0.1) is 21.9 Å². The van der Waals surface area contributed by atoms with Crippen LogP contribution in [0.4, 0.5) is 0 Å². The Bertz CT molecular complexity index is 881. The fourth-order valence-electron chi connectivity index (χ4n) is 3.27. The molecule has 128 valence electrons. The second-order valence-electron chi connectivity index (χ2n) is 6.01. The van der Waals surface area contributed by atoms with E-state index < -0.39 is 22.5 Å². The van der Waals surface area contributed by atoms with Crippen molar-refractivity contribution < 1.29 is 18.0 Å². The first-order chi connectivity index (χ1) is 12.1. The third-order valence-electron chi connectivity index (χ3n) is 4.63. The second kappa shape index (κ2) is 5.76. The molecule has 0 saturated carbocycles. The summed E-state index contributed by atoms with van der Waals surface area (Å²) in [6, 6.07) is 7.31. The lowest BCUT2D eigenvalue weighted by Gasteiger charge is -2.29. The molecule has 3 heterocycles. The summed E-state index contributed by atoms with van der Waals surface area (Å²) in [7, 11) is -2.60. The highest BCUT2D eigenvalue weighted by molar-refractivity contribution is 8.29. The third-order valence-corrected chi connectivity index (χ3v) is 6.93. The molecule has 7 heteroatoms. The van der Waals surface area contributed by atoms with Crippen LogP contribution in [0.25, 0.3) is 5.57 Å². The van der Waals surface area contributed by atoms with E-state index in [9.17, 15) is 14.9 Å². The van der Waals surface area contributed by atoms with Crippen LogP contribution in [0.1, 0.15) is 24.5 Å². The zero-order chi connectivity index (χ0) is 17.6. The van der Waals surface area contributed by atoms with Gasteiger partial charge in [0.15, 0.2) is 0 Å². The molecule has 0 bridgehead atoms. The lowest BCUT2D eigenvalue weighted by molar-refractivity contribution is -0.150. The second-order valence-corrected chi connectivity index (χ2v) is 8.11. The molecule has 0 unspecified atom stereocenters. The van der Waals surface area contributed by atoms with E-state index >= 15 is 0 Å². The summed E-state index contributed by atoms with van der Waals surface area (Å²) >= 11 is 0. The molecule has 3 aliphatic rings. The Labute approximate surface area is 147 Å². The highest BCUT2D eigenvalue weighted by Gasteiger charge is 2.47. The molecule has 3 aliphatic heterocycles. The highest BCUT2D eigenvalue weighted by atomic mass is 32.3. The Balaban J connectivity index is 1.82.